The molecule has 1 aliphatic carbocycles. The lowest BCUT2D eigenvalue weighted by Crippen LogP contribution is -1.94. The summed E-state index contributed by atoms with van der Waals surface area (Å²) in [6.07, 6.45) is 4.21. The standard InChI is InChI=1S/C14H12BrN5OS/c15-10-3-1-2-9(6-10)13-17-12(21-19-13)7-22-14-18-16-8-20(14)11-4-5-11/h1-3,6,8,11H,4-5,7H2. The van der Waals surface area contributed by atoms with Gasteiger partial charge in [-0.05, 0) is 25.0 Å². The van der Waals surface area contributed by atoms with Crippen LogP contribution in [0.4, 0.5) is 0 Å². The van der Waals surface area contributed by atoms with Gasteiger partial charge in [-0.15, -0.1) is 10.2 Å². The third-order valence-electron chi connectivity index (χ3n) is 3.36. The zero-order valence-corrected chi connectivity index (χ0v) is 13.9. The van der Waals surface area contributed by atoms with Crippen LogP contribution in [0.1, 0.15) is 24.8 Å². The fourth-order valence-electron chi connectivity index (χ4n) is 2.12. The molecule has 0 atom stereocenters. The highest BCUT2D eigenvalue weighted by Crippen LogP contribution is 2.37. The van der Waals surface area contributed by atoms with E-state index in [4.69, 9.17) is 4.52 Å². The molecule has 1 aliphatic rings. The maximum absolute atomic E-state index is 5.32. The van der Waals surface area contributed by atoms with E-state index in [-0.39, 0.29) is 0 Å². The van der Waals surface area contributed by atoms with Crippen molar-refractivity contribution in [1.82, 2.24) is 24.9 Å². The maximum atomic E-state index is 5.32. The molecule has 0 bridgehead atoms. The zero-order chi connectivity index (χ0) is 14.9. The van der Waals surface area contributed by atoms with Crippen LogP contribution in [0.5, 0.6) is 0 Å². The summed E-state index contributed by atoms with van der Waals surface area (Å²) in [7, 11) is 0. The molecule has 2 heterocycles. The average Bonchev–Trinajstić information content (AvgIpc) is 3.08. The summed E-state index contributed by atoms with van der Waals surface area (Å²) in [6, 6.07) is 8.40. The van der Waals surface area contributed by atoms with E-state index in [0.717, 1.165) is 15.2 Å². The van der Waals surface area contributed by atoms with Crippen molar-refractivity contribution < 1.29 is 4.52 Å². The lowest BCUT2D eigenvalue weighted by atomic mass is 10.2. The van der Waals surface area contributed by atoms with Gasteiger partial charge in [0.1, 0.15) is 6.33 Å². The minimum atomic E-state index is 0.567. The molecule has 8 heteroatoms. The molecular weight excluding hydrogens is 366 g/mol. The number of nitrogens with zero attached hydrogens (tertiary/aromatic N) is 5. The van der Waals surface area contributed by atoms with Crippen LogP contribution >= 0.6 is 27.7 Å². The Morgan fingerprint density at radius 2 is 2.27 bits per heavy atom. The molecule has 0 spiro atoms. The monoisotopic (exact) mass is 377 g/mol. The van der Waals surface area contributed by atoms with Gasteiger partial charge in [0.15, 0.2) is 5.16 Å². The minimum Gasteiger partial charge on any atom is -0.338 e. The molecule has 0 saturated heterocycles. The Labute approximate surface area is 139 Å². The van der Waals surface area contributed by atoms with Gasteiger partial charge < -0.3 is 9.09 Å². The van der Waals surface area contributed by atoms with Crippen molar-refractivity contribution >= 4 is 27.7 Å². The predicted octanol–water partition coefficient (Wildman–Crippen LogP) is 3.72. The van der Waals surface area contributed by atoms with Crippen LogP contribution in [0.15, 0.2) is 44.7 Å². The Kier molecular flexibility index (Phi) is 3.71. The third-order valence-corrected chi connectivity index (χ3v) is 4.79. The zero-order valence-electron chi connectivity index (χ0n) is 11.5. The third kappa shape index (κ3) is 2.93. The normalized spacial score (nSPS) is 14.4. The van der Waals surface area contributed by atoms with E-state index in [9.17, 15) is 0 Å². The summed E-state index contributed by atoms with van der Waals surface area (Å²) in [6.45, 7) is 0. The highest BCUT2D eigenvalue weighted by molar-refractivity contribution is 9.10. The van der Waals surface area contributed by atoms with E-state index in [1.54, 1.807) is 18.1 Å². The van der Waals surface area contributed by atoms with Crippen LogP contribution in [0.25, 0.3) is 11.4 Å². The Bertz CT molecular complexity index is 798. The molecule has 1 aromatic carbocycles. The van der Waals surface area contributed by atoms with Crippen molar-refractivity contribution in [2.24, 2.45) is 0 Å². The molecule has 22 heavy (non-hydrogen) atoms. The molecule has 4 rings (SSSR count). The predicted molar refractivity (Wildman–Crippen MR) is 85.3 cm³/mol. The van der Waals surface area contributed by atoms with Crippen LogP contribution < -0.4 is 0 Å². The summed E-state index contributed by atoms with van der Waals surface area (Å²) >= 11 is 5.01. The van der Waals surface area contributed by atoms with Gasteiger partial charge in [0.05, 0.1) is 5.75 Å². The molecule has 0 amide bonds. The molecule has 1 fully saturated rings. The summed E-state index contributed by atoms with van der Waals surface area (Å²) < 4.78 is 8.43. The van der Waals surface area contributed by atoms with Crippen LogP contribution in [0, 0.1) is 0 Å². The van der Waals surface area contributed by atoms with Crippen molar-refractivity contribution in [3.05, 3.63) is 41.0 Å². The maximum Gasteiger partial charge on any atom is 0.237 e. The first-order valence-corrected chi connectivity index (χ1v) is 8.68. The van der Waals surface area contributed by atoms with Gasteiger partial charge >= 0.3 is 0 Å². The fraction of sp³-hybridized carbons (Fsp3) is 0.286. The summed E-state index contributed by atoms with van der Waals surface area (Å²) in [4.78, 5) is 4.43. The second kappa shape index (κ2) is 5.85. The van der Waals surface area contributed by atoms with Gasteiger partial charge in [-0.25, -0.2) is 0 Å². The number of halogens is 1. The highest BCUT2D eigenvalue weighted by Gasteiger charge is 2.26. The molecule has 0 unspecified atom stereocenters. The number of aromatic nitrogens is 5. The molecule has 112 valence electrons. The topological polar surface area (TPSA) is 69.6 Å². The molecule has 0 N–H and O–H groups in total. The van der Waals surface area contributed by atoms with Gasteiger partial charge in [0.25, 0.3) is 0 Å². The molecule has 1 saturated carbocycles. The summed E-state index contributed by atoms with van der Waals surface area (Å²) in [5.41, 5.74) is 0.926. The number of rotatable bonds is 5. The number of hydrogen-bond acceptors (Lipinski definition) is 6. The van der Waals surface area contributed by atoms with Crippen LogP contribution in [0.2, 0.25) is 0 Å². The second-order valence-electron chi connectivity index (χ2n) is 5.06. The van der Waals surface area contributed by atoms with Crippen LogP contribution in [-0.2, 0) is 5.75 Å². The molecule has 0 radical (unpaired) electrons. The van der Waals surface area contributed by atoms with Crippen molar-refractivity contribution in [3.8, 4) is 11.4 Å². The first kappa shape index (κ1) is 14.0. The number of benzene rings is 1. The van der Waals surface area contributed by atoms with Crippen molar-refractivity contribution in [2.75, 3.05) is 0 Å². The van der Waals surface area contributed by atoms with Crippen molar-refractivity contribution in [1.29, 1.82) is 0 Å². The minimum absolute atomic E-state index is 0.567. The molecule has 3 aromatic rings. The largest absolute Gasteiger partial charge is 0.338 e. The van der Waals surface area contributed by atoms with E-state index in [2.05, 4.69) is 40.8 Å². The first-order chi connectivity index (χ1) is 10.8. The second-order valence-corrected chi connectivity index (χ2v) is 6.92. The van der Waals surface area contributed by atoms with E-state index < -0.39 is 0 Å². The summed E-state index contributed by atoms with van der Waals surface area (Å²) in [5.74, 6) is 1.78. The Balaban J connectivity index is 1.47. The van der Waals surface area contributed by atoms with Crippen LogP contribution in [0.3, 0.4) is 0 Å². The number of hydrogen-bond donors (Lipinski definition) is 0. The average molecular weight is 378 g/mol. The van der Waals surface area contributed by atoms with Crippen molar-refractivity contribution in [3.63, 3.8) is 0 Å². The lowest BCUT2D eigenvalue weighted by molar-refractivity contribution is 0.391. The van der Waals surface area contributed by atoms with Gasteiger partial charge in [0.2, 0.25) is 11.7 Å². The van der Waals surface area contributed by atoms with E-state index in [1.165, 1.54) is 12.8 Å². The van der Waals surface area contributed by atoms with Crippen LogP contribution in [-0.4, -0.2) is 24.9 Å². The molecule has 2 aromatic heterocycles. The van der Waals surface area contributed by atoms with E-state index in [1.807, 2.05) is 24.3 Å². The fourth-order valence-corrected chi connectivity index (χ4v) is 3.34. The molecule has 0 aliphatic heterocycles. The Morgan fingerprint density at radius 1 is 1.36 bits per heavy atom. The van der Waals surface area contributed by atoms with Crippen molar-refractivity contribution in [2.45, 2.75) is 29.8 Å². The van der Waals surface area contributed by atoms with Gasteiger partial charge in [-0.1, -0.05) is 45.0 Å². The lowest BCUT2D eigenvalue weighted by Gasteiger charge is -2.01. The Morgan fingerprint density at radius 3 is 3.09 bits per heavy atom. The Hall–Kier alpha value is -1.67. The van der Waals surface area contributed by atoms with Gasteiger partial charge in [-0.3, -0.25) is 0 Å². The summed E-state index contributed by atoms with van der Waals surface area (Å²) in [5, 5.41) is 13.1. The molecule has 6 nitrogen and oxygen atoms in total. The SMILES string of the molecule is Brc1cccc(-c2noc(CSc3nncn3C3CC3)n2)c1. The van der Waals surface area contributed by atoms with E-state index in [0.29, 0.717) is 23.5 Å². The molecular formula is C14H12BrN5OS. The quantitative estimate of drug-likeness (QED) is 0.631. The first-order valence-electron chi connectivity index (χ1n) is 6.90. The van der Waals surface area contributed by atoms with Gasteiger partial charge in [0, 0.05) is 16.1 Å². The van der Waals surface area contributed by atoms with E-state index >= 15 is 0 Å². The smallest absolute Gasteiger partial charge is 0.237 e. The highest BCUT2D eigenvalue weighted by atomic mass is 79.9. The number of thioether (sulfide) groups is 1. The van der Waals surface area contributed by atoms with Gasteiger partial charge in [-0.2, -0.15) is 4.98 Å².